The monoisotopic (exact) mass is 367 g/mol. The van der Waals surface area contributed by atoms with Gasteiger partial charge in [-0.15, -0.1) is 16.4 Å². The predicted octanol–water partition coefficient (Wildman–Crippen LogP) is 2.72. The van der Waals surface area contributed by atoms with Crippen LogP contribution < -0.4 is 5.32 Å². The molecule has 1 atom stereocenters. The molecule has 4 rings (SSSR count). The van der Waals surface area contributed by atoms with Crippen LogP contribution in [0.3, 0.4) is 0 Å². The maximum absolute atomic E-state index is 12.5. The molecule has 1 fully saturated rings. The van der Waals surface area contributed by atoms with E-state index in [9.17, 15) is 4.79 Å². The van der Waals surface area contributed by atoms with Crippen LogP contribution in [0.5, 0.6) is 0 Å². The number of hydrogen-bond donors (Lipinski definition) is 1. The van der Waals surface area contributed by atoms with E-state index < -0.39 is 0 Å². The van der Waals surface area contributed by atoms with Crippen LogP contribution in [-0.4, -0.2) is 44.9 Å². The van der Waals surface area contributed by atoms with Crippen LogP contribution in [0.1, 0.15) is 28.2 Å². The van der Waals surface area contributed by atoms with Crippen molar-refractivity contribution < 1.29 is 4.79 Å². The van der Waals surface area contributed by atoms with Crippen molar-refractivity contribution in [1.29, 1.82) is 0 Å². The molecule has 2 aromatic heterocycles. The first-order valence-corrected chi connectivity index (χ1v) is 9.69. The van der Waals surface area contributed by atoms with Gasteiger partial charge in [0.1, 0.15) is 0 Å². The number of para-hydroxylation sites is 1. The van der Waals surface area contributed by atoms with Gasteiger partial charge in [0.15, 0.2) is 5.69 Å². The molecule has 1 saturated heterocycles. The number of carbonyl (C=O) groups is 1. The normalized spacial score (nSPS) is 17.9. The van der Waals surface area contributed by atoms with E-state index in [0.29, 0.717) is 5.69 Å². The van der Waals surface area contributed by atoms with Crippen molar-refractivity contribution in [1.82, 2.24) is 25.2 Å². The molecule has 1 aromatic carbocycles. The number of thiophene rings is 1. The second-order valence-corrected chi connectivity index (χ2v) is 7.54. The number of aromatic nitrogens is 3. The lowest BCUT2D eigenvalue weighted by molar-refractivity contribution is 0.0896. The summed E-state index contributed by atoms with van der Waals surface area (Å²) in [4.78, 5) is 16.3. The van der Waals surface area contributed by atoms with Gasteiger partial charge in [0, 0.05) is 24.0 Å². The van der Waals surface area contributed by atoms with E-state index in [1.165, 1.54) is 4.88 Å². The number of hydrogen-bond acceptors (Lipinski definition) is 5. The number of nitrogens with zero attached hydrogens (tertiary/aromatic N) is 4. The molecule has 6 nitrogen and oxygen atoms in total. The van der Waals surface area contributed by atoms with Crippen LogP contribution in [0.25, 0.3) is 5.69 Å². The SMILES string of the molecule is O=C(N[C@@H]1CCCN(Cc2cccs2)C1)c1cn(-c2ccccc2)nn1. The first-order valence-electron chi connectivity index (χ1n) is 8.81. The summed E-state index contributed by atoms with van der Waals surface area (Å²) >= 11 is 1.78. The molecular weight excluding hydrogens is 346 g/mol. The van der Waals surface area contributed by atoms with E-state index in [4.69, 9.17) is 0 Å². The topological polar surface area (TPSA) is 63.1 Å². The third-order valence-electron chi connectivity index (χ3n) is 4.55. The zero-order valence-corrected chi connectivity index (χ0v) is 15.2. The standard InChI is InChI=1S/C19H21N5OS/c25-19(18-14-24(22-21-18)16-7-2-1-3-8-16)20-15-6-4-10-23(12-15)13-17-9-5-11-26-17/h1-3,5,7-9,11,14-15H,4,6,10,12-13H2,(H,20,25)/t15-/m1/s1. The van der Waals surface area contributed by atoms with E-state index in [-0.39, 0.29) is 11.9 Å². The van der Waals surface area contributed by atoms with Crippen LogP contribution in [-0.2, 0) is 6.54 Å². The number of piperidine rings is 1. The van der Waals surface area contributed by atoms with Gasteiger partial charge in [-0.25, -0.2) is 4.68 Å². The van der Waals surface area contributed by atoms with Crippen LogP contribution >= 0.6 is 11.3 Å². The van der Waals surface area contributed by atoms with Gasteiger partial charge in [0.25, 0.3) is 5.91 Å². The Balaban J connectivity index is 1.36. The fourth-order valence-electron chi connectivity index (χ4n) is 3.27. The fraction of sp³-hybridized carbons (Fsp3) is 0.316. The Morgan fingerprint density at radius 1 is 1.23 bits per heavy atom. The molecule has 0 unspecified atom stereocenters. The Labute approximate surface area is 156 Å². The van der Waals surface area contributed by atoms with Gasteiger partial charge >= 0.3 is 0 Å². The highest BCUT2D eigenvalue weighted by atomic mass is 32.1. The largest absolute Gasteiger partial charge is 0.347 e. The summed E-state index contributed by atoms with van der Waals surface area (Å²) in [5.41, 5.74) is 1.24. The molecule has 0 bridgehead atoms. The Kier molecular flexibility index (Phi) is 5.08. The summed E-state index contributed by atoms with van der Waals surface area (Å²) in [5.74, 6) is -0.157. The Hall–Kier alpha value is -2.51. The van der Waals surface area contributed by atoms with Gasteiger partial charge in [0.05, 0.1) is 11.9 Å². The summed E-state index contributed by atoms with van der Waals surface area (Å²) in [6.07, 6.45) is 3.77. The third kappa shape index (κ3) is 4.00. The maximum atomic E-state index is 12.5. The molecule has 3 heterocycles. The van der Waals surface area contributed by atoms with Crippen molar-refractivity contribution in [2.45, 2.75) is 25.4 Å². The zero-order valence-electron chi connectivity index (χ0n) is 14.4. The number of nitrogens with one attached hydrogen (secondary N) is 1. The van der Waals surface area contributed by atoms with E-state index in [1.807, 2.05) is 30.3 Å². The average Bonchev–Trinajstić information content (AvgIpc) is 3.35. The van der Waals surface area contributed by atoms with Gasteiger partial charge in [0.2, 0.25) is 0 Å². The number of rotatable bonds is 5. The van der Waals surface area contributed by atoms with Crippen molar-refractivity contribution in [3.63, 3.8) is 0 Å². The molecule has 3 aromatic rings. The lowest BCUT2D eigenvalue weighted by atomic mass is 10.1. The van der Waals surface area contributed by atoms with Gasteiger partial charge in [-0.3, -0.25) is 9.69 Å². The Bertz CT molecular complexity index is 846. The van der Waals surface area contributed by atoms with Crippen LogP contribution in [0.15, 0.2) is 54.0 Å². The highest BCUT2D eigenvalue weighted by Gasteiger charge is 2.23. The third-order valence-corrected chi connectivity index (χ3v) is 5.41. The lowest BCUT2D eigenvalue weighted by Crippen LogP contribution is -2.47. The van der Waals surface area contributed by atoms with Crippen LogP contribution in [0, 0.1) is 0 Å². The molecule has 1 N–H and O–H groups in total. The molecule has 26 heavy (non-hydrogen) atoms. The van der Waals surface area contributed by atoms with Crippen molar-refractivity contribution in [3.05, 3.63) is 64.6 Å². The first kappa shape index (κ1) is 16.9. The molecular formula is C19H21N5OS. The Morgan fingerprint density at radius 2 is 2.12 bits per heavy atom. The second kappa shape index (κ2) is 7.80. The molecule has 0 spiro atoms. The maximum Gasteiger partial charge on any atom is 0.273 e. The van der Waals surface area contributed by atoms with Crippen LogP contribution in [0.4, 0.5) is 0 Å². The van der Waals surface area contributed by atoms with Gasteiger partial charge in [-0.05, 0) is 43.0 Å². The number of carbonyl (C=O) groups excluding carboxylic acids is 1. The molecule has 134 valence electrons. The summed E-state index contributed by atoms with van der Waals surface area (Å²) < 4.78 is 1.62. The quantitative estimate of drug-likeness (QED) is 0.753. The first-order chi connectivity index (χ1) is 12.8. The molecule has 0 saturated carbocycles. The van der Waals surface area contributed by atoms with Crippen LogP contribution in [0.2, 0.25) is 0 Å². The molecule has 0 aliphatic carbocycles. The smallest absolute Gasteiger partial charge is 0.273 e. The second-order valence-electron chi connectivity index (χ2n) is 6.51. The molecule has 0 radical (unpaired) electrons. The molecule has 1 amide bonds. The highest BCUT2D eigenvalue weighted by Crippen LogP contribution is 2.17. The number of benzene rings is 1. The fourth-order valence-corrected chi connectivity index (χ4v) is 4.02. The minimum Gasteiger partial charge on any atom is -0.347 e. The van der Waals surface area contributed by atoms with Gasteiger partial charge in [-0.1, -0.05) is 29.5 Å². The number of amides is 1. The van der Waals surface area contributed by atoms with E-state index in [2.05, 4.69) is 38.0 Å². The van der Waals surface area contributed by atoms with E-state index >= 15 is 0 Å². The molecule has 7 heteroatoms. The predicted molar refractivity (Wildman–Crippen MR) is 101 cm³/mol. The summed E-state index contributed by atoms with van der Waals surface area (Å²) in [6.45, 7) is 2.90. The molecule has 1 aliphatic heterocycles. The Morgan fingerprint density at radius 3 is 2.92 bits per heavy atom. The van der Waals surface area contributed by atoms with Crippen molar-refractivity contribution >= 4 is 17.2 Å². The van der Waals surface area contributed by atoms with E-state index in [0.717, 1.165) is 38.2 Å². The minimum absolute atomic E-state index is 0.151. The van der Waals surface area contributed by atoms with Crippen molar-refractivity contribution in [3.8, 4) is 5.69 Å². The minimum atomic E-state index is -0.157. The lowest BCUT2D eigenvalue weighted by Gasteiger charge is -2.32. The van der Waals surface area contributed by atoms with Gasteiger partial charge in [-0.2, -0.15) is 0 Å². The molecule has 1 aliphatic rings. The van der Waals surface area contributed by atoms with Gasteiger partial charge < -0.3 is 5.32 Å². The zero-order chi connectivity index (χ0) is 17.8. The summed E-state index contributed by atoms with van der Waals surface area (Å²) in [5, 5.41) is 13.3. The summed E-state index contributed by atoms with van der Waals surface area (Å²) in [6, 6.07) is 14.1. The number of likely N-dealkylation sites (tertiary alicyclic amines) is 1. The van der Waals surface area contributed by atoms with Crippen molar-refractivity contribution in [2.75, 3.05) is 13.1 Å². The highest BCUT2D eigenvalue weighted by molar-refractivity contribution is 7.09. The van der Waals surface area contributed by atoms with Crippen molar-refractivity contribution in [2.24, 2.45) is 0 Å². The average molecular weight is 367 g/mol. The summed E-state index contributed by atoms with van der Waals surface area (Å²) in [7, 11) is 0. The van der Waals surface area contributed by atoms with E-state index in [1.54, 1.807) is 22.2 Å².